The lowest BCUT2D eigenvalue weighted by Crippen LogP contribution is -2.44. The van der Waals surface area contributed by atoms with Crippen molar-refractivity contribution in [3.05, 3.63) is 17.7 Å². The lowest BCUT2D eigenvalue weighted by molar-refractivity contribution is -0.148. The highest BCUT2D eigenvalue weighted by Crippen LogP contribution is 2.38. The fourth-order valence-corrected chi connectivity index (χ4v) is 4.76. The zero-order chi connectivity index (χ0) is 25.6. The third-order valence-electron chi connectivity index (χ3n) is 6.65. The van der Waals surface area contributed by atoms with Crippen LogP contribution in [0.25, 0.3) is 0 Å². The van der Waals surface area contributed by atoms with Crippen molar-refractivity contribution < 1.29 is 33.3 Å². The molecule has 0 bridgehead atoms. The molecular formula is C27H41NO7. The maximum atomic E-state index is 12.1. The van der Waals surface area contributed by atoms with E-state index in [1.165, 1.54) is 12.8 Å². The van der Waals surface area contributed by atoms with Crippen LogP contribution in [0.1, 0.15) is 63.9 Å². The zero-order valence-corrected chi connectivity index (χ0v) is 21.7. The highest BCUT2D eigenvalue weighted by atomic mass is 16.5. The molecule has 1 aliphatic carbocycles. The summed E-state index contributed by atoms with van der Waals surface area (Å²) < 4.78 is 20.4. The minimum Gasteiger partial charge on any atom is -0.493 e. The number of methoxy groups -OCH3 is 3. The van der Waals surface area contributed by atoms with Crippen LogP contribution in [0.2, 0.25) is 0 Å². The molecule has 8 nitrogen and oxygen atoms in total. The van der Waals surface area contributed by atoms with Crippen molar-refractivity contribution in [2.45, 2.75) is 64.7 Å². The Morgan fingerprint density at radius 1 is 0.971 bits per heavy atom. The minimum atomic E-state index is -0.205. The Morgan fingerprint density at radius 2 is 1.63 bits per heavy atom. The Bertz CT molecular complexity index is 795. The zero-order valence-electron chi connectivity index (χ0n) is 21.7. The van der Waals surface area contributed by atoms with Gasteiger partial charge in [-0.3, -0.25) is 14.4 Å². The van der Waals surface area contributed by atoms with Gasteiger partial charge in [-0.25, -0.2) is 0 Å². The van der Waals surface area contributed by atoms with E-state index < -0.39 is 0 Å². The second kappa shape index (κ2) is 15.3. The lowest BCUT2D eigenvalue weighted by Gasteiger charge is -2.31. The average Bonchev–Trinajstić information content (AvgIpc) is 2.90. The number of ether oxygens (including phenoxy) is 4. The normalized spacial score (nSPS) is 18.1. The molecule has 8 heteroatoms. The largest absolute Gasteiger partial charge is 0.493 e. The first kappa shape index (κ1) is 28.5. The van der Waals surface area contributed by atoms with Gasteiger partial charge in [0.25, 0.3) is 12.4 Å². The van der Waals surface area contributed by atoms with Crippen LogP contribution in [0.4, 0.5) is 0 Å². The number of carbonyl (C=O) groups excluding carboxylic acids is 3. The standard InChI is InChI=1S/C14H23NO2.C13H18O5/c1-11-6-5-9-15(10-11)14(17)13(16)12-7-3-2-4-8-12;1-15-11-7-10(5-4-6-18-9-14)8-12(16-2)13(11)17-3/h11-12H,2-10H2,1H3;7-9H,4-6H2,1-3H3. The Morgan fingerprint density at radius 3 is 2.17 bits per heavy atom. The van der Waals surface area contributed by atoms with E-state index in [0.29, 0.717) is 36.2 Å². The van der Waals surface area contributed by atoms with E-state index in [2.05, 4.69) is 11.7 Å². The van der Waals surface area contributed by atoms with Crippen LogP contribution < -0.4 is 14.2 Å². The SMILES string of the molecule is CC1CCCN(C(=O)C(=O)C2CCCCC2)C1.COc1cc(CCCOC=O)cc(OC)c1OC. The summed E-state index contributed by atoms with van der Waals surface area (Å²) >= 11 is 0. The Labute approximate surface area is 209 Å². The smallest absolute Gasteiger partial charge is 0.293 e. The van der Waals surface area contributed by atoms with Gasteiger partial charge in [0.15, 0.2) is 11.5 Å². The molecular weight excluding hydrogens is 450 g/mol. The minimum absolute atomic E-state index is 0.0217. The number of benzene rings is 1. The molecule has 0 radical (unpaired) electrons. The van der Waals surface area contributed by atoms with Gasteiger partial charge in [0.05, 0.1) is 27.9 Å². The molecule has 2 fully saturated rings. The van der Waals surface area contributed by atoms with E-state index in [4.69, 9.17) is 14.2 Å². The van der Waals surface area contributed by atoms with E-state index in [0.717, 1.165) is 63.6 Å². The van der Waals surface area contributed by atoms with Crippen LogP contribution in [0, 0.1) is 11.8 Å². The molecule has 0 spiro atoms. The van der Waals surface area contributed by atoms with E-state index >= 15 is 0 Å². The molecule has 1 atom stereocenters. The van der Waals surface area contributed by atoms with Crippen LogP contribution in [0.3, 0.4) is 0 Å². The fraction of sp³-hybridized carbons (Fsp3) is 0.667. The molecule has 1 amide bonds. The van der Waals surface area contributed by atoms with Crippen LogP contribution in [0.5, 0.6) is 17.2 Å². The summed E-state index contributed by atoms with van der Waals surface area (Å²) in [6.45, 7) is 4.57. The van der Waals surface area contributed by atoms with Crippen molar-refractivity contribution in [3.8, 4) is 17.2 Å². The Kier molecular flexibility index (Phi) is 12.4. The van der Waals surface area contributed by atoms with E-state index in [1.807, 2.05) is 12.1 Å². The predicted molar refractivity (Wildman–Crippen MR) is 133 cm³/mol. The molecule has 1 saturated heterocycles. The number of hydrogen-bond acceptors (Lipinski definition) is 7. The first-order valence-electron chi connectivity index (χ1n) is 12.6. The molecule has 0 aromatic heterocycles. The van der Waals surface area contributed by atoms with Gasteiger partial charge < -0.3 is 23.8 Å². The van der Waals surface area contributed by atoms with E-state index in [9.17, 15) is 14.4 Å². The van der Waals surface area contributed by atoms with Gasteiger partial charge in [0, 0.05) is 19.0 Å². The van der Waals surface area contributed by atoms with Crippen LogP contribution in [-0.4, -0.2) is 64.1 Å². The molecule has 1 saturated carbocycles. The molecule has 3 rings (SSSR count). The molecule has 1 aliphatic heterocycles. The quantitative estimate of drug-likeness (QED) is 0.275. The third kappa shape index (κ3) is 8.75. The van der Waals surface area contributed by atoms with Gasteiger partial charge in [-0.15, -0.1) is 0 Å². The van der Waals surface area contributed by atoms with Crippen molar-refractivity contribution in [3.63, 3.8) is 0 Å². The molecule has 1 aromatic rings. The number of nitrogens with zero attached hydrogens (tertiary/aromatic N) is 1. The molecule has 2 aliphatic rings. The summed E-state index contributed by atoms with van der Waals surface area (Å²) in [5.41, 5.74) is 1.04. The highest BCUT2D eigenvalue weighted by Gasteiger charge is 2.31. The van der Waals surface area contributed by atoms with Gasteiger partial charge in [-0.05, 0) is 62.1 Å². The maximum Gasteiger partial charge on any atom is 0.293 e. The number of ketones is 1. The van der Waals surface area contributed by atoms with E-state index in [1.54, 1.807) is 26.2 Å². The molecule has 1 heterocycles. The summed E-state index contributed by atoms with van der Waals surface area (Å²) in [5, 5.41) is 0. The van der Waals surface area contributed by atoms with Crippen molar-refractivity contribution in [2.24, 2.45) is 11.8 Å². The number of piperidine rings is 1. The van der Waals surface area contributed by atoms with Crippen molar-refractivity contribution in [1.29, 1.82) is 0 Å². The van der Waals surface area contributed by atoms with Crippen molar-refractivity contribution in [1.82, 2.24) is 4.90 Å². The Balaban J connectivity index is 0.000000247. The second-order valence-electron chi connectivity index (χ2n) is 9.30. The van der Waals surface area contributed by atoms with Crippen molar-refractivity contribution in [2.75, 3.05) is 41.0 Å². The number of rotatable bonds is 10. The number of Topliss-reactive ketones (excluding diaryl/α,β-unsaturated/α-hetero) is 1. The molecule has 35 heavy (non-hydrogen) atoms. The third-order valence-corrected chi connectivity index (χ3v) is 6.65. The molecule has 1 unspecified atom stereocenters. The van der Waals surface area contributed by atoms with Gasteiger partial charge in [0.1, 0.15) is 0 Å². The summed E-state index contributed by atoms with van der Waals surface area (Å²) in [7, 11) is 4.73. The van der Waals surface area contributed by atoms with Crippen LogP contribution in [0.15, 0.2) is 12.1 Å². The van der Waals surface area contributed by atoms with Crippen LogP contribution in [-0.2, 0) is 25.5 Å². The first-order valence-corrected chi connectivity index (χ1v) is 12.6. The Hall–Kier alpha value is -2.77. The first-order chi connectivity index (χ1) is 16.9. The van der Waals surface area contributed by atoms with E-state index in [-0.39, 0.29) is 17.6 Å². The van der Waals surface area contributed by atoms with Gasteiger partial charge in [-0.1, -0.05) is 26.2 Å². The second-order valence-corrected chi connectivity index (χ2v) is 9.30. The van der Waals surface area contributed by atoms with Crippen molar-refractivity contribution >= 4 is 18.2 Å². The maximum absolute atomic E-state index is 12.1. The summed E-state index contributed by atoms with van der Waals surface area (Å²) in [5.74, 6) is 2.08. The van der Waals surface area contributed by atoms with Gasteiger partial charge >= 0.3 is 0 Å². The number of hydrogen-bond donors (Lipinski definition) is 0. The number of carbonyl (C=O) groups is 3. The summed E-state index contributed by atoms with van der Waals surface area (Å²) in [4.78, 5) is 36.0. The average molecular weight is 492 g/mol. The molecule has 0 N–H and O–H groups in total. The number of aryl methyl sites for hydroxylation is 1. The monoisotopic (exact) mass is 491 g/mol. The number of likely N-dealkylation sites (tertiary alicyclic amines) is 1. The predicted octanol–water partition coefficient (Wildman–Crippen LogP) is 4.21. The topological polar surface area (TPSA) is 91.4 Å². The molecule has 1 aromatic carbocycles. The van der Waals surface area contributed by atoms with Crippen LogP contribution >= 0.6 is 0 Å². The lowest BCUT2D eigenvalue weighted by atomic mass is 9.85. The van der Waals surface area contributed by atoms with Gasteiger partial charge in [-0.2, -0.15) is 0 Å². The fourth-order valence-electron chi connectivity index (χ4n) is 4.76. The summed E-state index contributed by atoms with van der Waals surface area (Å²) in [6, 6.07) is 3.78. The number of amides is 1. The van der Waals surface area contributed by atoms with Gasteiger partial charge in [0.2, 0.25) is 11.5 Å². The molecule has 196 valence electrons. The highest BCUT2D eigenvalue weighted by molar-refractivity contribution is 6.36. The summed E-state index contributed by atoms with van der Waals surface area (Å²) in [6.07, 6.45) is 9.04.